The molecule has 5 nitrogen and oxygen atoms in total. The van der Waals surface area contributed by atoms with E-state index >= 15 is 0 Å². The fraction of sp³-hybridized carbons (Fsp3) is 0.222. The Morgan fingerprint density at radius 1 is 1.19 bits per heavy atom. The minimum absolute atomic E-state index is 0.0388. The highest BCUT2D eigenvalue weighted by Crippen LogP contribution is 2.34. The third kappa shape index (κ3) is 4.08. The molecule has 134 valence electrons. The molecule has 0 N–H and O–H groups in total. The van der Waals surface area contributed by atoms with Crippen molar-refractivity contribution in [1.82, 2.24) is 9.97 Å². The number of fused-ring (bicyclic) bond motifs is 1. The lowest BCUT2D eigenvalue weighted by atomic mass is 10.1. The third-order valence-electron chi connectivity index (χ3n) is 3.79. The van der Waals surface area contributed by atoms with E-state index in [1.54, 1.807) is 11.3 Å². The van der Waals surface area contributed by atoms with Gasteiger partial charge in [-0.2, -0.15) is 0 Å². The molecule has 8 heteroatoms. The minimum Gasteiger partial charge on any atom is -0.457 e. The SMILES string of the molecule is Cc1sc2ncnc(SCC(=O)OCC(=O)c3ccc(F)cc3)c2c1C. The van der Waals surface area contributed by atoms with Crippen molar-refractivity contribution in [3.8, 4) is 0 Å². The van der Waals surface area contributed by atoms with Crippen molar-refractivity contribution in [2.75, 3.05) is 12.4 Å². The Morgan fingerprint density at radius 2 is 1.92 bits per heavy atom. The van der Waals surface area contributed by atoms with Gasteiger partial charge in [0.25, 0.3) is 0 Å². The van der Waals surface area contributed by atoms with Gasteiger partial charge in [0.05, 0.1) is 5.75 Å². The van der Waals surface area contributed by atoms with Crippen molar-refractivity contribution in [2.24, 2.45) is 0 Å². The number of halogens is 1. The molecule has 2 heterocycles. The average Bonchev–Trinajstić information content (AvgIpc) is 2.93. The van der Waals surface area contributed by atoms with Crippen molar-refractivity contribution < 1.29 is 18.7 Å². The zero-order valence-electron chi connectivity index (χ0n) is 14.1. The summed E-state index contributed by atoms with van der Waals surface area (Å²) in [6, 6.07) is 5.10. The fourth-order valence-corrected chi connectivity index (χ4v) is 4.21. The van der Waals surface area contributed by atoms with Crippen LogP contribution in [0.3, 0.4) is 0 Å². The summed E-state index contributed by atoms with van der Waals surface area (Å²) >= 11 is 2.84. The summed E-state index contributed by atoms with van der Waals surface area (Å²) in [5.41, 5.74) is 1.40. The van der Waals surface area contributed by atoms with Gasteiger partial charge < -0.3 is 4.74 Å². The normalized spacial score (nSPS) is 10.9. The number of aryl methyl sites for hydroxylation is 2. The number of carbonyl (C=O) groups is 2. The number of thiophene rings is 1. The molecule has 0 amide bonds. The molecule has 0 aliphatic rings. The molecule has 0 unspecified atom stereocenters. The van der Waals surface area contributed by atoms with Crippen LogP contribution >= 0.6 is 23.1 Å². The zero-order valence-corrected chi connectivity index (χ0v) is 15.7. The average molecular weight is 390 g/mol. The number of ether oxygens (including phenoxy) is 1. The molecule has 2 aromatic heterocycles. The van der Waals surface area contributed by atoms with E-state index in [-0.39, 0.29) is 18.1 Å². The Kier molecular flexibility index (Phi) is 5.63. The monoisotopic (exact) mass is 390 g/mol. The van der Waals surface area contributed by atoms with E-state index < -0.39 is 11.8 Å². The van der Waals surface area contributed by atoms with Crippen LogP contribution in [0.4, 0.5) is 4.39 Å². The highest BCUT2D eigenvalue weighted by molar-refractivity contribution is 8.00. The van der Waals surface area contributed by atoms with Gasteiger partial charge in [-0.05, 0) is 43.7 Å². The van der Waals surface area contributed by atoms with Crippen LogP contribution in [0.15, 0.2) is 35.6 Å². The first-order valence-corrected chi connectivity index (χ1v) is 9.54. The van der Waals surface area contributed by atoms with Gasteiger partial charge in [-0.1, -0.05) is 11.8 Å². The van der Waals surface area contributed by atoms with Crippen LogP contribution in [-0.4, -0.2) is 34.1 Å². The van der Waals surface area contributed by atoms with Crippen molar-refractivity contribution in [3.05, 3.63) is 52.4 Å². The molecule has 0 aliphatic carbocycles. The number of thioether (sulfide) groups is 1. The maximum absolute atomic E-state index is 12.9. The van der Waals surface area contributed by atoms with Gasteiger partial charge >= 0.3 is 5.97 Å². The number of hydrogen-bond donors (Lipinski definition) is 0. The van der Waals surface area contributed by atoms with Crippen molar-refractivity contribution in [1.29, 1.82) is 0 Å². The van der Waals surface area contributed by atoms with Crippen LogP contribution in [0.2, 0.25) is 0 Å². The fourth-order valence-electron chi connectivity index (χ4n) is 2.29. The number of Topliss-reactive ketones (excluding diaryl/α,β-unsaturated/α-hetero) is 1. The Balaban J connectivity index is 1.58. The number of carbonyl (C=O) groups excluding carboxylic acids is 2. The van der Waals surface area contributed by atoms with Crippen molar-refractivity contribution in [2.45, 2.75) is 18.9 Å². The van der Waals surface area contributed by atoms with Crippen LogP contribution < -0.4 is 0 Å². The van der Waals surface area contributed by atoms with Gasteiger partial charge in [-0.3, -0.25) is 9.59 Å². The lowest BCUT2D eigenvalue weighted by Gasteiger charge is -2.05. The molecule has 3 rings (SSSR count). The summed E-state index contributed by atoms with van der Waals surface area (Å²) in [6.45, 7) is 3.65. The molecule has 1 aromatic carbocycles. The molecule has 0 radical (unpaired) electrons. The van der Waals surface area contributed by atoms with E-state index in [2.05, 4.69) is 9.97 Å². The van der Waals surface area contributed by atoms with Crippen LogP contribution in [0.25, 0.3) is 10.2 Å². The van der Waals surface area contributed by atoms with Gasteiger partial charge in [0.1, 0.15) is 22.0 Å². The van der Waals surface area contributed by atoms with Gasteiger partial charge in [0, 0.05) is 15.8 Å². The lowest BCUT2D eigenvalue weighted by molar-refractivity contribution is -0.139. The Morgan fingerprint density at radius 3 is 2.65 bits per heavy atom. The Hall–Kier alpha value is -2.32. The molecular weight excluding hydrogens is 375 g/mol. The topological polar surface area (TPSA) is 69.2 Å². The maximum atomic E-state index is 12.9. The van der Waals surface area contributed by atoms with Crippen LogP contribution in [0.5, 0.6) is 0 Å². The highest BCUT2D eigenvalue weighted by atomic mass is 32.2. The van der Waals surface area contributed by atoms with Gasteiger partial charge in [0.15, 0.2) is 12.4 Å². The molecule has 3 aromatic rings. The van der Waals surface area contributed by atoms with Gasteiger partial charge in [-0.25, -0.2) is 14.4 Å². The van der Waals surface area contributed by atoms with Crippen molar-refractivity contribution >= 4 is 45.1 Å². The minimum atomic E-state index is -0.512. The lowest BCUT2D eigenvalue weighted by Crippen LogP contribution is -2.15. The quantitative estimate of drug-likeness (QED) is 0.275. The molecule has 26 heavy (non-hydrogen) atoms. The van der Waals surface area contributed by atoms with E-state index in [1.807, 2.05) is 13.8 Å². The van der Waals surface area contributed by atoms with Gasteiger partial charge in [-0.15, -0.1) is 11.3 Å². The van der Waals surface area contributed by atoms with Crippen LogP contribution in [0.1, 0.15) is 20.8 Å². The maximum Gasteiger partial charge on any atom is 0.316 e. The summed E-state index contributed by atoms with van der Waals surface area (Å²) in [5.74, 6) is -1.28. The largest absolute Gasteiger partial charge is 0.457 e. The number of nitrogens with zero attached hydrogens (tertiary/aromatic N) is 2. The molecular formula is C18H15FN2O3S2. The molecule has 0 spiro atoms. The van der Waals surface area contributed by atoms with E-state index in [0.29, 0.717) is 5.56 Å². The second-order valence-corrected chi connectivity index (χ2v) is 7.69. The standard InChI is InChI=1S/C18H15FN2O3S2/c1-10-11(2)26-18-16(10)17(20-9-21-18)25-8-15(23)24-7-14(22)12-3-5-13(19)6-4-12/h3-6,9H,7-8H2,1-2H3. The molecule has 0 saturated carbocycles. The van der Waals surface area contributed by atoms with E-state index in [4.69, 9.17) is 4.74 Å². The second kappa shape index (κ2) is 7.92. The predicted octanol–water partition coefficient (Wildman–Crippen LogP) is 3.97. The number of ketones is 1. The first-order valence-electron chi connectivity index (χ1n) is 7.73. The Bertz CT molecular complexity index is 970. The van der Waals surface area contributed by atoms with E-state index in [1.165, 1.54) is 42.4 Å². The summed E-state index contributed by atoms with van der Waals surface area (Å²) in [5, 5.41) is 1.67. The smallest absolute Gasteiger partial charge is 0.316 e. The molecule has 0 aliphatic heterocycles. The first-order chi connectivity index (χ1) is 12.5. The number of hydrogen-bond acceptors (Lipinski definition) is 7. The molecule has 0 atom stereocenters. The molecule has 0 fully saturated rings. The number of aromatic nitrogens is 2. The number of rotatable bonds is 6. The zero-order chi connectivity index (χ0) is 18.7. The summed E-state index contributed by atoms with van der Waals surface area (Å²) in [7, 11) is 0. The highest BCUT2D eigenvalue weighted by Gasteiger charge is 2.15. The summed E-state index contributed by atoms with van der Waals surface area (Å²) in [4.78, 5) is 34.4. The van der Waals surface area contributed by atoms with E-state index in [9.17, 15) is 14.0 Å². The van der Waals surface area contributed by atoms with Crippen LogP contribution in [-0.2, 0) is 9.53 Å². The molecule has 0 bridgehead atoms. The predicted molar refractivity (Wildman–Crippen MR) is 99.3 cm³/mol. The summed E-state index contributed by atoms with van der Waals surface area (Å²) < 4.78 is 17.9. The van der Waals surface area contributed by atoms with E-state index in [0.717, 1.165) is 25.7 Å². The van der Waals surface area contributed by atoms with Crippen LogP contribution in [0, 0.1) is 19.7 Å². The second-order valence-electron chi connectivity index (χ2n) is 5.52. The third-order valence-corrected chi connectivity index (χ3v) is 5.87. The van der Waals surface area contributed by atoms with Gasteiger partial charge in [0.2, 0.25) is 0 Å². The summed E-state index contributed by atoms with van der Waals surface area (Å²) in [6.07, 6.45) is 1.48. The molecule has 0 saturated heterocycles. The first kappa shape index (κ1) is 18.5. The van der Waals surface area contributed by atoms with Crippen molar-refractivity contribution in [3.63, 3.8) is 0 Å². The number of benzene rings is 1. The Labute approximate surface area is 157 Å². The number of esters is 1.